The van der Waals surface area contributed by atoms with Gasteiger partial charge in [-0.25, -0.2) is 9.18 Å². The Kier molecular flexibility index (Phi) is 5.69. The zero-order valence-corrected chi connectivity index (χ0v) is 16.5. The molecule has 1 heterocycles. The topological polar surface area (TPSA) is 85.3 Å². The molecule has 0 bridgehead atoms. The molecule has 5 nitrogen and oxygen atoms in total. The van der Waals surface area contributed by atoms with Gasteiger partial charge in [0.25, 0.3) is 0 Å². The average Bonchev–Trinajstić information content (AvgIpc) is 2.67. The maximum atomic E-state index is 13.5. The highest BCUT2D eigenvalue weighted by atomic mass is 19.1. The Labute approximate surface area is 168 Å². The standard InChI is InChI=1S/C23H21FN2O3/c1-4-28-23(27)20-14(3)29-22(26)19(12-25)21(20)16-7-5-6-15(11-16)18-9-8-17(24)10-13(18)2/h5-11,21H,4,26H2,1-3H3. The molecule has 0 spiro atoms. The van der Waals surface area contributed by atoms with Crippen molar-refractivity contribution in [1.29, 1.82) is 5.26 Å². The Bertz CT molecular complexity index is 1080. The molecule has 2 aromatic carbocycles. The zero-order valence-electron chi connectivity index (χ0n) is 16.5. The van der Waals surface area contributed by atoms with E-state index in [0.717, 1.165) is 16.7 Å². The lowest BCUT2D eigenvalue weighted by Gasteiger charge is -2.27. The van der Waals surface area contributed by atoms with Gasteiger partial charge in [0.05, 0.1) is 18.1 Å². The summed E-state index contributed by atoms with van der Waals surface area (Å²) in [7, 11) is 0. The van der Waals surface area contributed by atoms with Crippen LogP contribution in [0.15, 0.2) is 65.3 Å². The van der Waals surface area contributed by atoms with Gasteiger partial charge in [-0.15, -0.1) is 0 Å². The van der Waals surface area contributed by atoms with Crippen LogP contribution in [0.25, 0.3) is 11.1 Å². The second-order valence-corrected chi connectivity index (χ2v) is 6.70. The molecule has 1 atom stereocenters. The smallest absolute Gasteiger partial charge is 0.338 e. The first-order chi connectivity index (χ1) is 13.9. The number of nitrogens with zero attached hydrogens (tertiary/aromatic N) is 1. The van der Waals surface area contributed by atoms with E-state index < -0.39 is 11.9 Å². The van der Waals surface area contributed by atoms with Gasteiger partial charge in [-0.1, -0.05) is 30.3 Å². The van der Waals surface area contributed by atoms with Crippen LogP contribution in [0.3, 0.4) is 0 Å². The van der Waals surface area contributed by atoms with Crippen molar-refractivity contribution in [3.63, 3.8) is 0 Å². The summed E-state index contributed by atoms with van der Waals surface area (Å²) in [6.07, 6.45) is 0. The maximum Gasteiger partial charge on any atom is 0.338 e. The third-order valence-electron chi connectivity index (χ3n) is 4.82. The third kappa shape index (κ3) is 3.85. The van der Waals surface area contributed by atoms with Crippen LogP contribution in [0.5, 0.6) is 0 Å². The number of halogens is 1. The van der Waals surface area contributed by atoms with E-state index in [0.29, 0.717) is 11.3 Å². The molecule has 6 heteroatoms. The second kappa shape index (κ2) is 8.19. The monoisotopic (exact) mass is 392 g/mol. The van der Waals surface area contributed by atoms with Crippen molar-refractivity contribution in [2.24, 2.45) is 5.73 Å². The summed E-state index contributed by atoms with van der Waals surface area (Å²) in [5.74, 6) is -1.32. The van der Waals surface area contributed by atoms with E-state index in [9.17, 15) is 14.4 Å². The molecule has 0 aromatic heterocycles. The lowest BCUT2D eigenvalue weighted by Crippen LogP contribution is -2.25. The number of ether oxygens (including phenoxy) is 2. The Balaban J connectivity index is 2.16. The van der Waals surface area contributed by atoms with Gasteiger partial charge >= 0.3 is 5.97 Å². The summed E-state index contributed by atoms with van der Waals surface area (Å²) in [5, 5.41) is 9.69. The van der Waals surface area contributed by atoms with Crippen molar-refractivity contribution < 1.29 is 18.7 Å². The molecule has 0 saturated heterocycles. The Morgan fingerprint density at radius 1 is 1.28 bits per heavy atom. The first kappa shape index (κ1) is 20.2. The van der Waals surface area contributed by atoms with Crippen LogP contribution in [0, 0.1) is 24.1 Å². The quantitative estimate of drug-likeness (QED) is 0.777. The molecule has 0 radical (unpaired) electrons. The van der Waals surface area contributed by atoms with Crippen molar-refractivity contribution in [2.75, 3.05) is 6.61 Å². The van der Waals surface area contributed by atoms with Crippen LogP contribution < -0.4 is 5.73 Å². The molecule has 1 aliphatic heterocycles. The highest BCUT2D eigenvalue weighted by Crippen LogP contribution is 2.40. The van der Waals surface area contributed by atoms with E-state index in [1.807, 2.05) is 31.2 Å². The minimum atomic E-state index is -0.714. The van der Waals surface area contributed by atoms with Crippen LogP contribution >= 0.6 is 0 Å². The van der Waals surface area contributed by atoms with Gasteiger partial charge in [0.1, 0.15) is 23.2 Å². The summed E-state index contributed by atoms with van der Waals surface area (Å²) in [5.41, 5.74) is 9.49. The van der Waals surface area contributed by atoms with Crippen molar-refractivity contribution in [1.82, 2.24) is 0 Å². The number of nitriles is 1. The summed E-state index contributed by atoms with van der Waals surface area (Å²) in [6.45, 7) is 5.35. The normalized spacial score (nSPS) is 16.3. The summed E-state index contributed by atoms with van der Waals surface area (Å²) in [6, 6.07) is 14.0. The van der Waals surface area contributed by atoms with E-state index >= 15 is 0 Å². The number of carbonyl (C=O) groups excluding carboxylic acids is 1. The second-order valence-electron chi connectivity index (χ2n) is 6.70. The number of esters is 1. The fourth-order valence-electron chi connectivity index (χ4n) is 3.52. The van der Waals surface area contributed by atoms with Gasteiger partial charge in [-0.05, 0) is 55.2 Å². The molecule has 1 unspecified atom stereocenters. The van der Waals surface area contributed by atoms with Gasteiger partial charge in [0.2, 0.25) is 5.88 Å². The molecule has 2 aromatic rings. The van der Waals surface area contributed by atoms with Gasteiger partial charge in [0.15, 0.2) is 0 Å². The molecule has 148 valence electrons. The molecule has 1 aliphatic rings. The van der Waals surface area contributed by atoms with Crippen LogP contribution in [0.2, 0.25) is 0 Å². The molecule has 2 N–H and O–H groups in total. The number of allylic oxidation sites excluding steroid dienone is 2. The van der Waals surface area contributed by atoms with Crippen molar-refractivity contribution in [3.05, 3.63) is 82.2 Å². The van der Waals surface area contributed by atoms with Crippen LogP contribution in [0.4, 0.5) is 4.39 Å². The summed E-state index contributed by atoms with van der Waals surface area (Å²) in [4.78, 5) is 12.6. The lowest BCUT2D eigenvalue weighted by atomic mass is 9.82. The van der Waals surface area contributed by atoms with Gasteiger partial charge < -0.3 is 15.2 Å². The fourth-order valence-corrected chi connectivity index (χ4v) is 3.52. The first-order valence-corrected chi connectivity index (χ1v) is 9.19. The van der Waals surface area contributed by atoms with E-state index in [2.05, 4.69) is 6.07 Å². The van der Waals surface area contributed by atoms with E-state index in [1.165, 1.54) is 12.1 Å². The molecule has 0 amide bonds. The van der Waals surface area contributed by atoms with Crippen LogP contribution in [0.1, 0.15) is 30.9 Å². The van der Waals surface area contributed by atoms with E-state index in [4.69, 9.17) is 15.2 Å². The zero-order chi connectivity index (χ0) is 21.1. The van der Waals surface area contributed by atoms with Crippen LogP contribution in [-0.4, -0.2) is 12.6 Å². The fraction of sp³-hybridized carbons (Fsp3) is 0.217. The van der Waals surface area contributed by atoms with Gasteiger partial charge in [-0.3, -0.25) is 0 Å². The van der Waals surface area contributed by atoms with Gasteiger partial charge in [-0.2, -0.15) is 5.26 Å². The van der Waals surface area contributed by atoms with Crippen LogP contribution in [-0.2, 0) is 14.3 Å². The number of aryl methyl sites for hydroxylation is 1. The van der Waals surface area contributed by atoms with Gasteiger partial charge in [0, 0.05) is 0 Å². The van der Waals surface area contributed by atoms with Crippen molar-refractivity contribution >= 4 is 5.97 Å². The highest BCUT2D eigenvalue weighted by molar-refractivity contribution is 5.92. The third-order valence-corrected chi connectivity index (χ3v) is 4.82. The highest BCUT2D eigenvalue weighted by Gasteiger charge is 2.36. The number of benzene rings is 2. The van der Waals surface area contributed by atoms with E-state index in [1.54, 1.807) is 19.9 Å². The van der Waals surface area contributed by atoms with Crippen molar-refractivity contribution in [2.45, 2.75) is 26.7 Å². The number of hydrogen-bond donors (Lipinski definition) is 1. The minimum Gasteiger partial charge on any atom is -0.463 e. The number of nitrogens with two attached hydrogens (primary N) is 1. The number of rotatable bonds is 4. The molecule has 3 rings (SSSR count). The molecular formula is C23H21FN2O3. The summed E-state index contributed by atoms with van der Waals surface area (Å²) >= 11 is 0. The molecule has 0 fully saturated rings. The van der Waals surface area contributed by atoms with E-state index in [-0.39, 0.29) is 29.5 Å². The molecule has 0 aliphatic carbocycles. The average molecular weight is 392 g/mol. The lowest BCUT2D eigenvalue weighted by molar-refractivity contribution is -0.139. The largest absolute Gasteiger partial charge is 0.463 e. The summed E-state index contributed by atoms with van der Waals surface area (Å²) < 4.78 is 24.1. The SMILES string of the molecule is CCOC(=O)C1=C(C)OC(N)=C(C#N)C1c1cccc(-c2ccc(F)cc2C)c1. The molecular weight excluding hydrogens is 371 g/mol. The number of carbonyl (C=O) groups is 1. The maximum absolute atomic E-state index is 13.5. The molecule has 0 saturated carbocycles. The molecule has 29 heavy (non-hydrogen) atoms. The number of hydrogen-bond acceptors (Lipinski definition) is 5. The predicted molar refractivity (Wildman–Crippen MR) is 107 cm³/mol. The Morgan fingerprint density at radius 3 is 2.69 bits per heavy atom. The Hall–Kier alpha value is -3.59. The predicted octanol–water partition coefficient (Wildman–Crippen LogP) is 4.45. The first-order valence-electron chi connectivity index (χ1n) is 9.19. The van der Waals surface area contributed by atoms with Crippen molar-refractivity contribution in [3.8, 4) is 17.2 Å². The Morgan fingerprint density at radius 2 is 2.03 bits per heavy atom. The minimum absolute atomic E-state index is 0.0357.